The molecule has 0 saturated carbocycles. The van der Waals surface area contributed by atoms with Crippen LogP contribution in [0.5, 0.6) is 0 Å². The summed E-state index contributed by atoms with van der Waals surface area (Å²) in [4.78, 5) is 12.9. The second-order valence-corrected chi connectivity index (χ2v) is 6.94. The Morgan fingerprint density at radius 2 is 2.16 bits per heavy atom. The summed E-state index contributed by atoms with van der Waals surface area (Å²) in [6.07, 6.45) is 5.52. The molecule has 7 heteroatoms. The van der Waals surface area contributed by atoms with Gasteiger partial charge in [-0.2, -0.15) is 5.10 Å². The monoisotopic (exact) mass is 341 g/mol. The van der Waals surface area contributed by atoms with E-state index in [0.29, 0.717) is 6.42 Å². The van der Waals surface area contributed by atoms with E-state index in [1.807, 2.05) is 12.4 Å². The summed E-state index contributed by atoms with van der Waals surface area (Å²) < 4.78 is 0. The molecule has 0 aliphatic carbocycles. The van der Waals surface area contributed by atoms with Crippen LogP contribution in [0.25, 0.3) is 0 Å². The van der Waals surface area contributed by atoms with Gasteiger partial charge in [0.25, 0.3) is 0 Å². The first-order valence-corrected chi connectivity index (χ1v) is 8.65. The van der Waals surface area contributed by atoms with Gasteiger partial charge < -0.3 is 15.0 Å². The Hall–Kier alpha value is -2.54. The molecule has 3 unspecified atom stereocenters. The Morgan fingerprint density at radius 1 is 1.32 bits per heavy atom. The minimum absolute atomic E-state index is 0.0397. The van der Waals surface area contributed by atoms with Gasteiger partial charge in [0.05, 0.1) is 18.5 Å². The van der Waals surface area contributed by atoms with Gasteiger partial charge in [0, 0.05) is 18.8 Å². The molecule has 132 valence electrons. The average Bonchev–Trinajstić information content (AvgIpc) is 3.18. The molecule has 0 spiro atoms. The minimum atomic E-state index is -0.800. The van der Waals surface area contributed by atoms with Gasteiger partial charge in [0.1, 0.15) is 12.0 Å². The Balaban J connectivity index is 1.48. The highest BCUT2D eigenvalue weighted by molar-refractivity contribution is 5.87. The van der Waals surface area contributed by atoms with Gasteiger partial charge in [0.15, 0.2) is 0 Å². The summed E-state index contributed by atoms with van der Waals surface area (Å²) in [6.45, 7) is 4.27. The first kappa shape index (κ1) is 16.0. The van der Waals surface area contributed by atoms with Crippen LogP contribution in [0.3, 0.4) is 0 Å². The summed E-state index contributed by atoms with van der Waals surface area (Å²) in [5, 5.41) is 15.4. The Kier molecular flexibility index (Phi) is 3.88. The molecule has 25 heavy (non-hydrogen) atoms. The number of nitrogens with zero attached hydrogens (tertiary/aromatic N) is 3. The molecular weight excluding hydrogens is 318 g/mol. The molecule has 3 heterocycles. The van der Waals surface area contributed by atoms with E-state index < -0.39 is 5.97 Å². The van der Waals surface area contributed by atoms with Crippen LogP contribution >= 0.6 is 0 Å². The number of carboxylic acids is 1. The van der Waals surface area contributed by atoms with Crippen LogP contribution in [0.4, 0.5) is 0 Å². The average molecular weight is 341 g/mol. The highest BCUT2D eigenvalue weighted by atomic mass is 16.4. The van der Waals surface area contributed by atoms with Gasteiger partial charge >= 0.3 is 5.97 Å². The second kappa shape index (κ2) is 6.07. The predicted octanol–water partition coefficient (Wildman–Crippen LogP) is 1.82. The van der Waals surface area contributed by atoms with Crippen LogP contribution in [0.15, 0.2) is 35.7 Å². The van der Waals surface area contributed by atoms with Crippen LogP contribution in [-0.4, -0.2) is 39.0 Å². The first-order valence-electron chi connectivity index (χ1n) is 8.65. The van der Waals surface area contributed by atoms with Gasteiger partial charge in [0.2, 0.25) is 0 Å². The van der Waals surface area contributed by atoms with Crippen molar-refractivity contribution in [2.24, 2.45) is 5.10 Å². The Bertz CT molecular complexity index is 760. The van der Waals surface area contributed by atoms with Gasteiger partial charge in [-0.15, -0.1) is 0 Å². The fourth-order valence-corrected chi connectivity index (χ4v) is 3.73. The number of carbonyl (C=O) groups is 1. The Labute approximate surface area is 147 Å². The van der Waals surface area contributed by atoms with E-state index in [9.17, 15) is 4.79 Å². The van der Waals surface area contributed by atoms with E-state index in [1.165, 1.54) is 16.7 Å². The van der Waals surface area contributed by atoms with Crippen molar-refractivity contribution < 1.29 is 9.90 Å². The maximum absolute atomic E-state index is 10.8. The highest BCUT2D eigenvalue weighted by Gasteiger charge is 2.44. The van der Waals surface area contributed by atoms with E-state index in [2.05, 4.69) is 57.9 Å². The van der Waals surface area contributed by atoms with E-state index >= 15 is 0 Å². The molecule has 3 aliphatic heterocycles. The van der Waals surface area contributed by atoms with Crippen LogP contribution in [-0.2, 0) is 4.79 Å². The van der Waals surface area contributed by atoms with Crippen molar-refractivity contribution in [2.45, 2.75) is 51.4 Å². The number of hydrazone groups is 1. The zero-order chi connectivity index (χ0) is 17.6. The normalized spacial score (nSPS) is 27.0. The van der Waals surface area contributed by atoms with Crippen molar-refractivity contribution in [3.05, 3.63) is 47.3 Å². The van der Waals surface area contributed by atoms with Gasteiger partial charge in [-0.25, -0.2) is 5.43 Å². The summed E-state index contributed by atoms with van der Waals surface area (Å²) in [6, 6.07) is 7.12. The summed E-state index contributed by atoms with van der Waals surface area (Å²) in [5.74, 6) is -0.0102. The molecule has 7 nitrogen and oxygen atoms in total. The fourth-order valence-electron chi connectivity index (χ4n) is 3.73. The number of carboxylic acid groups (broad SMARTS) is 1. The third-order valence-corrected chi connectivity index (χ3v) is 5.31. The zero-order valence-corrected chi connectivity index (χ0v) is 14.4. The molecule has 1 aromatic rings. The van der Waals surface area contributed by atoms with Gasteiger partial charge in [-0.1, -0.05) is 18.2 Å². The number of aliphatic carboxylic acids is 1. The molecule has 1 aromatic carbocycles. The van der Waals surface area contributed by atoms with Crippen LogP contribution < -0.4 is 10.9 Å². The lowest BCUT2D eigenvalue weighted by molar-refractivity contribution is -0.136. The van der Waals surface area contributed by atoms with Crippen molar-refractivity contribution in [2.75, 3.05) is 0 Å². The summed E-state index contributed by atoms with van der Waals surface area (Å²) in [7, 11) is 0. The maximum Gasteiger partial charge on any atom is 0.303 e. The summed E-state index contributed by atoms with van der Waals surface area (Å²) >= 11 is 0. The van der Waals surface area contributed by atoms with Crippen molar-refractivity contribution in [1.29, 1.82) is 0 Å². The quantitative estimate of drug-likeness (QED) is 0.775. The molecular formula is C18H23N5O2. The van der Waals surface area contributed by atoms with Crippen molar-refractivity contribution in [3.63, 3.8) is 0 Å². The number of hydrogen-bond acceptors (Lipinski definition) is 6. The van der Waals surface area contributed by atoms with Gasteiger partial charge in [-0.05, 0) is 37.0 Å². The third kappa shape index (κ3) is 2.84. The largest absolute Gasteiger partial charge is 0.481 e. The maximum atomic E-state index is 10.8. The minimum Gasteiger partial charge on any atom is -0.481 e. The van der Waals surface area contributed by atoms with E-state index in [1.54, 1.807) is 0 Å². The third-order valence-electron chi connectivity index (χ3n) is 5.31. The van der Waals surface area contributed by atoms with Crippen LogP contribution in [0, 0.1) is 13.8 Å². The number of rotatable bonds is 4. The van der Waals surface area contributed by atoms with E-state index in [-0.39, 0.29) is 24.7 Å². The van der Waals surface area contributed by atoms with Crippen molar-refractivity contribution in [3.8, 4) is 0 Å². The fraction of sp³-hybridized carbons (Fsp3) is 0.444. The second-order valence-electron chi connectivity index (χ2n) is 6.94. The van der Waals surface area contributed by atoms with E-state index in [0.717, 1.165) is 12.3 Å². The molecule has 1 saturated heterocycles. The lowest BCUT2D eigenvalue weighted by Crippen LogP contribution is -2.54. The number of hydrazine groups is 1. The van der Waals surface area contributed by atoms with E-state index in [4.69, 9.17) is 5.11 Å². The van der Waals surface area contributed by atoms with Crippen LogP contribution in [0.1, 0.15) is 42.0 Å². The highest BCUT2D eigenvalue weighted by Crippen LogP contribution is 2.34. The lowest BCUT2D eigenvalue weighted by atomic mass is 9.97. The van der Waals surface area contributed by atoms with Gasteiger partial charge in [-0.3, -0.25) is 10.2 Å². The number of fused-ring (bicyclic) bond motifs is 3. The predicted molar refractivity (Wildman–Crippen MR) is 94.2 cm³/mol. The molecule has 0 aromatic heterocycles. The number of aryl methyl sites for hydroxylation is 2. The summed E-state index contributed by atoms with van der Waals surface area (Å²) in [5.41, 5.74) is 10.7. The smallest absolute Gasteiger partial charge is 0.303 e. The van der Waals surface area contributed by atoms with Crippen LogP contribution in [0.2, 0.25) is 0 Å². The molecule has 3 N–H and O–H groups in total. The zero-order valence-electron chi connectivity index (χ0n) is 14.4. The standard InChI is InChI=1S/C18H23N5O2/c1-11-3-4-13(9-12(11)2)14-10-15-18-20-19-16(5-6-17(24)25)22(18)7-8-23(15)21-14/h3-4,7-9,14-15,18,20-21H,5-6,10H2,1-2H3,(H,24,25). The number of hydrogen-bond donors (Lipinski definition) is 3. The first-order chi connectivity index (χ1) is 12.0. The van der Waals surface area contributed by atoms with Crippen molar-refractivity contribution in [1.82, 2.24) is 20.8 Å². The molecule has 1 fully saturated rings. The van der Waals surface area contributed by atoms with Crippen molar-refractivity contribution >= 4 is 11.8 Å². The number of amidine groups is 1. The topological polar surface area (TPSA) is 80.2 Å². The molecule has 4 rings (SSSR count). The molecule has 3 aliphatic rings. The molecule has 3 atom stereocenters. The number of benzene rings is 1. The molecule has 0 amide bonds. The molecule has 0 bridgehead atoms. The number of nitrogens with one attached hydrogen (secondary N) is 2. The lowest BCUT2D eigenvalue weighted by Gasteiger charge is -2.37. The SMILES string of the molecule is Cc1ccc(C2CC3C4NN=C(CCC(=O)O)N4C=CN3N2)cc1C. The molecule has 0 radical (unpaired) electrons. The Morgan fingerprint density at radius 3 is 2.92 bits per heavy atom.